The molecule has 0 radical (unpaired) electrons. The number of carbonyl (C=O) groups is 1. The average molecular weight is 373 g/mol. The highest BCUT2D eigenvalue weighted by Gasteiger charge is 2.26. The van der Waals surface area contributed by atoms with Gasteiger partial charge in [-0.05, 0) is 44.2 Å². The smallest absolute Gasteiger partial charge is 0.227 e. The van der Waals surface area contributed by atoms with E-state index in [-0.39, 0.29) is 36.4 Å². The number of rotatable bonds is 5. The van der Waals surface area contributed by atoms with Crippen molar-refractivity contribution in [3.63, 3.8) is 0 Å². The molecule has 3 unspecified atom stereocenters. The number of carbonyl (C=O) groups excluding carboxylic acids is 1. The van der Waals surface area contributed by atoms with Crippen molar-refractivity contribution in [1.29, 1.82) is 0 Å². The predicted molar refractivity (Wildman–Crippen MR) is 96.7 cm³/mol. The zero-order chi connectivity index (χ0) is 16.9. The van der Waals surface area contributed by atoms with Crippen LogP contribution in [0.25, 0.3) is 0 Å². The van der Waals surface area contributed by atoms with Gasteiger partial charge >= 0.3 is 0 Å². The van der Waals surface area contributed by atoms with Crippen molar-refractivity contribution >= 4 is 24.0 Å². The third-order valence-corrected chi connectivity index (χ3v) is 4.73. The van der Waals surface area contributed by atoms with Gasteiger partial charge in [0.2, 0.25) is 5.91 Å². The lowest BCUT2D eigenvalue weighted by atomic mass is 9.85. The molecule has 2 fully saturated rings. The number of amides is 1. The van der Waals surface area contributed by atoms with Gasteiger partial charge in [0.25, 0.3) is 0 Å². The molecule has 1 saturated heterocycles. The predicted octanol–water partition coefficient (Wildman–Crippen LogP) is 3.26. The summed E-state index contributed by atoms with van der Waals surface area (Å²) in [4.78, 5) is 12.5. The summed E-state index contributed by atoms with van der Waals surface area (Å²) < 4.78 is 24.9. The number of nitrogens with one attached hydrogen (secondary N) is 1. The van der Waals surface area contributed by atoms with Gasteiger partial charge in [-0.3, -0.25) is 4.79 Å². The summed E-state index contributed by atoms with van der Waals surface area (Å²) in [5.74, 6) is -0.170. The summed E-state index contributed by atoms with van der Waals surface area (Å²) in [6.07, 6.45) is 5.46. The maximum absolute atomic E-state index is 13.6. The first-order chi connectivity index (χ1) is 11.6. The normalized spacial score (nSPS) is 25.9. The van der Waals surface area contributed by atoms with Crippen LogP contribution in [-0.4, -0.2) is 31.3 Å². The highest BCUT2D eigenvalue weighted by Crippen LogP contribution is 2.29. The first kappa shape index (κ1) is 19.9. The van der Waals surface area contributed by atoms with E-state index in [1.165, 1.54) is 12.1 Å². The van der Waals surface area contributed by atoms with Crippen LogP contribution in [0.5, 0.6) is 5.75 Å². The van der Waals surface area contributed by atoms with Crippen molar-refractivity contribution in [1.82, 2.24) is 0 Å². The van der Waals surface area contributed by atoms with Crippen molar-refractivity contribution < 1.29 is 18.7 Å². The van der Waals surface area contributed by atoms with Crippen LogP contribution in [0.3, 0.4) is 0 Å². The van der Waals surface area contributed by atoms with Crippen LogP contribution >= 0.6 is 12.4 Å². The van der Waals surface area contributed by atoms with Crippen molar-refractivity contribution in [2.75, 3.05) is 18.5 Å². The summed E-state index contributed by atoms with van der Waals surface area (Å²) in [7, 11) is 0. The molecule has 1 aliphatic heterocycles. The zero-order valence-electron chi connectivity index (χ0n) is 14.2. The Morgan fingerprint density at radius 1 is 1.32 bits per heavy atom. The number of benzene rings is 1. The van der Waals surface area contributed by atoms with Gasteiger partial charge in [-0.1, -0.05) is 6.42 Å². The molecule has 1 aromatic rings. The number of hydrogen-bond donors (Lipinski definition) is 2. The average Bonchev–Trinajstić information content (AvgIpc) is 3.07. The molecule has 1 amide bonds. The summed E-state index contributed by atoms with van der Waals surface area (Å²) in [6.45, 7) is 1.16. The fraction of sp³-hybridized carbons (Fsp3) is 0.611. The molecule has 0 spiro atoms. The molecule has 1 aromatic carbocycles. The Balaban J connectivity index is 0.00000225. The van der Waals surface area contributed by atoms with E-state index in [1.807, 2.05) is 0 Å². The first-order valence-electron chi connectivity index (χ1n) is 8.72. The third-order valence-electron chi connectivity index (χ3n) is 4.73. The van der Waals surface area contributed by atoms with Crippen LogP contribution in [0.2, 0.25) is 0 Å². The minimum atomic E-state index is -0.407. The largest absolute Gasteiger partial charge is 0.489 e. The Hall–Kier alpha value is -1.37. The monoisotopic (exact) mass is 372 g/mol. The molecule has 3 rings (SSSR count). The van der Waals surface area contributed by atoms with Gasteiger partial charge in [-0.15, -0.1) is 12.4 Å². The second kappa shape index (κ2) is 9.36. The van der Waals surface area contributed by atoms with E-state index in [0.717, 1.165) is 38.7 Å². The summed E-state index contributed by atoms with van der Waals surface area (Å²) >= 11 is 0. The molecule has 5 nitrogen and oxygen atoms in total. The Morgan fingerprint density at radius 2 is 2.16 bits per heavy atom. The SMILES string of the molecule is Cl.NC1CCCC(C(=O)Nc2cc(F)ccc2OCC2CCCO2)C1. The second-order valence-corrected chi connectivity index (χ2v) is 6.70. The van der Waals surface area contributed by atoms with Crippen LogP contribution in [0.4, 0.5) is 10.1 Å². The highest BCUT2D eigenvalue weighted by atomic mass is 35.5. The Bertz CT molecular complexity index is 581. The molecule has 3 atom stereocenters. The minimum absolute atomic E-state index is 0. The molecule has 0 bridgehead atoms. The van der Waals surface area contributed by atoms with Crippen LogP contribution in [0.15, 0.2) is 18.2 Å². The molecule has 0 aromatic heterocycles. The summed E-state index contributed by atoms with van der Waals surface area (Å²) in [5.41, 5.74) is 6.32. The van der Waals surface area contributed by atoms with Gasteiger partial charge in [-0.25, -0.2) is 4.39 Å². The van der Waals surface area contributed by atoms with Crippen molar-refractivity contribution in [2.24, 2.45) is 11.7 Å². The fourth-order valence-electron chi connectivity index (χ4n) is 3.38. The molecule has 1 saturated carbocycles. The van der Waals surface area contributed by atoms with Gasteiger partial charge in [0, 0.05) is 24.6 Å². The highest BCUT2D eigenvalue weighted by molar-refractivity contribution is 5.94. The molecular formula is C18H26ClFN2O3. The number of anilines is 1. The Labute approximate surface area is 153 Å². The molecule has 2 aliphatic rings. The number of hydrogen-bond acceptors (Lipinski definition) is 4. The second-order valence-electron chi connectivity index (χ2n) is 6.70. The van der Waals surface area contributed by atoms with Gasteiger partial charge < -0.3 is 20.5 Å². The zero-order valence-corrected chi connectivity index (χ0v) is 15.0. The quantitative estimate of drug-likeness (QED) is 0.832. The summed E-state index contributed by atoms with van der Waals surface area (Å²) in [6, 6.07) is 4.24. The molecule has 25 heavy (non-hydrogen) atoms. The van der Waals surface area contributed by atoms with Crippen LogP contribution in [0.1, 0.15) is 38.5 Å². The molecule has 3 N–H and O–H groups in total. The molecule has 1 aliphatic carbocycles. The van der Waals surface area contributed by atoms with E-state index in [0.29, 0.717) is 24.5 Å². The van der Waals surface area contributed by atoms with Gasteiger partial charge in [0.05, 0.1) is 11.8 Å². The van der Waals surface area contributed by atoms with E-state index < -0.39 is 5.82 Å². The standard InChI is InChI=1S/C18H25FN2O3.ClH/c19-13-6-7-17(24-11-15-5-2-8-23-15)16(10-13)21-18(22)12-3-1-4-14(20)9-12;/h6-7,10,12,14-15H,1-5,8-9,11,20H2,(H,21,22);1H. The lowest BCUT2D eigenvalue weighted by Crippen LogP contribution is -2.34. The maximum atomic E-state index is 13.6. The number of ether oxygens (including phenoxy) is 2. The van der Waals surface area contributed by atoms with Gasteiger partial charge in [0.1, 0.15) is 18.2 Å². The van der Waals surface area contributed by atoms with E-state index >= 15 is 0 Å². The van der Waals surface area contributed by atoms with Gasteiger partial charge in [-0.2, -0.15) is 0 Å². The first-order valence-corrected chi connectivity index (χ1v) is 8.72. The number of nitrogens with two attached hydrogens (primary N) is 1. The van der Waals surface area contributed by atoms with E-state index in [1.54, 1.807) is 6.07 Å². The van der Waals surface area contributed by atoms with Crippen molar-refractivity contribution in [2.45, 2.75) is 50.7 Å². The van der Waals surface area contributed by atoms with E-state index in [9.17, 15) is 9.18 Å². The minimum Gasteiger partial charge on any atom is -0.489 e. The lowest BCUT2D eigenvalue weighted by molar-refractivity contribution is -0.120. The van der Waals surface area contributed by atoms with E-state index in [2.05, 4.69) is 5.32 Å². The maximum Gasteiger partial charge on any atom is 0.227 e. The lowest BCUT2D eigenvalue weighted by Gasteiger charge is -2.26. The van der Waals surface area contributed by atoms with Gasteiger partial charge in [0.15, 0.2) is 0 Å². The van der Waals surface area contributed by atoms with Crippen LogP contribution in [-0.2, 0) is 9.53 Å². The van der Waals surface area contributed by atoms with Crippen LogP contribution < -0.4 is 15.8 Å². The third kappa shape index (κ3) is 5.56. The van der Waals surface area contributed by atoms with Crippen LogP contribution in [0, 0.1) is 11.7 Å². The Morgan fingerprint density at radius 3 is 2.88 bits per heavy atom. The molecule has 1 heterocycles. The topological polar surface area (TPSA) is 73.6 Å². The molecule has 7 heteroatoms. The molecular weight excluding hydrogens is 347 g/mol. The summed E-state index contributed by atoms with van der Waals surface area (Å²) in [5, 5.41) is 2.82. The number of halogens is 2. The Kier molecular flexibility index (Phi) is 7.47. The van der Waals surface area contributed by atoms with Crippen molar-refractivity contribution in [3.8, 4) is 5.75 Å². The fourth-order valence-corrected chi connectivity index (χ4v) is 3.38. The van der Waals surface area contributed by atoms with Crippen molar-refractivity contribution in [3.05, 3.63) is 24.0 Å². The molecule has 140 valence electrons. The van der Waals surface area contributed by atoms with E-state index in [4.69, 9.17) is 15.2 Å².